The predicted molar refractivity (Wildman–Crippen MR) is 92.1 cm³/mol. The molecule has 4 aliphatic rings. The molecule has 0 aromatic carbocycles. The third kappa shape index (κ3) is 3.10. The molecule has 4 atom stereocenters. The van der Waals surface area contributed by atoms with Gasteiger partial charge in [-0.25, -0.2) is 0 Å². The van der Waals surface area contributed by atoms with Gasteiger partial charge in [-0.05, 0) is 62.6 Å². The van der Waals surface area contributed by atoms with E-state index >= 15 is 0 Å². The Kier molecular flexibility index (Phi) is 4.53. The van der Waals surface area contributed by atoms with Crippen LogP contribution in [0.2, 0.25) is 0 Å². The first kappa shape index (κ1) is 15.3. The Hall–Kier alpha value is -0.640. The lowest BCUT2D eigenvalue weighted by molar-refractivity contribution is 0.0397. The van der Waals surface area contributed by atoms with E-state index < -0.39 is 0 Å². The van der Waals surface area contributed by atoms with Crippen LogP contribution in [0.25, 0.3) is 0 Å². The number of unbranched alkanes of at least 4 members (excludes halogenated alkanes) is 3. The summed E-state index contributed by atoms with van der Waals surface area (Å²) in [5.74, 6) is 2.61. The van der Waals surface area contributed by atoms with Gasteiger partial charge < -0.3 is 5.73 Å². The van der Waals surface area contributed by atoms with Crippen molar-refractivity contribution >= 4 is 23.0 Å². The van der Waals surface area contributed by atoms with Gasteiger partial charge in [0, 0.05) is 17.0 Å². The van der Waals surface area contributed by atoms with Gasteiger partial charge in [0.05, 0.1) is 0 Å². The minimum Gasteiger partial charge on any atom is -0.375 e. The molecule has 4 rings (SSSR count). The zero-order valence-corrected chi connectivity index (χ0v) is 14.1. The molecule has 0 heterocycles. The minimum absolute atomic E-state index is 0.303. The Labute approximate surface area is 134 Å². The van der Waals surface area contributed by atoms with E-state index in [2.05, 4.69) is 12.3 Å². The van der Waals surface area contributed by atoms with Crippen molar-refractivity contribution in [1.29, 1.82) is 0 Å². The van der Waals surface area contributed by atoms with Gasteiger partial charge in [-0.1, -0.05) is 32.6 Å². The van der Waals surface area contributed by atoms with E-state index in [1.807, 2.05) is 0 Å². The lowest BCUT2D eigenvalue weighted by Crippen LogP contribution is -2.54. The molecule has 0 aromatic heterocycles. The van der Waals surface area contributed by atoms with E-state index in [9.17, 15) is 0 Å². The summed E-state index contributed by atoms with van der Waals surface area (Å²) in [4.78, 5) is 0. The maximum Gasteiger partial charge on any atom is 0.184 e. The zero-order valence-electron chi connectivity index (χ0n) is 13.2. The topological polar surface area (TPSA) is 50.4 Å². The molecular weight excluding hydrogens is 278 g/mol. The summed E-state index contributed by atoms with van der Waals surface area (Å²) < 4.78 is 0. The molecule has 0 aromatic rings. The van der Waals surface area contributed by atoms with Crippen LogP contribution in [0.4, 0.5) is 0 Å². The highest BCUT2D eigenvalue weighted by atomic mass is 32.1. The van der Waals surface area contributed by atoms with Crippen molar-refractivity contribution in [2.24, 2.45) is 34.0 Å². The third-order valence-corrected chi connectivity index (χ3v) is 6.08. The summed E-state index contributed by atoms with van der Waals surface area (Å²) in [7, 11) is 0. The van der Waals surface area contributed by atoms with Crippen molar-refractivity contribution in [1.82, 2.24) is 5.43 Å². The Balaban J connectivity index is 1.75. The largest absolute Gasteiger partial charge is 0.375 e. The zero-order chi connectivity index (χ0) is 14.9. The fraction of sp³-hybridized carbons (Fsp3) is 0.882. The molecule has 0 saturated heterocycles. The fourth-order valence-corrected chi connectivity index (χ4v) is 5.55. The predicted octanol–water partition coefficient (Wildman–Crippen LogP) is 3.97. The van der Waals surface area contributed by atoms with Crippen molar-refractivity contribution in [2.75, 3.05) is 0 Å². The highest BCUT2D eigenvalue weighted by molar-refractivity contribution is 7.80. The Morgan fingerprint density at radius 2 is 1.95 bits per heavy atom. The van der Waals surface area contributed by atoms with E-state index in [1.165, 1.54) is 69.9 Å². The van der Waals surface area contributed by atoms with E-state index in [4.69, 9.17) is 23.1 Å². The van der Waals surface area contributed by atoms with Crippen LogP contribution < -0.4 is 11.2 Å². The lowest BCUT2D eigenvalue weighted by atomic mass is 9.47. The molecule has 4 heteroatoms. The van der Waals surface area contributed by atoms with Crippen molar-refractivity contribution in [3.8, 4) is 0 Å². The van der Waals surface area contributed by atoms with Crippen LogP contribution in [0.15, 0.2) is 5.10 Å². The molecule has 21 heavy (non-hydrogen) atoms. The van der Waals surface area contributed by atoms with E-state index in [-0.39, 0.29) is 0 Å². The van der Waals surface area contributed by atoms with E-state index in [0.717, 1.165) is 11.8 Å². The molecule has 0 amide bonds. The second-order valence-electron chi connectivity index (χ2n) is 7.61. The van der Waals surface area contributed by atoms with Crippen LogP contribution in [-0.4, -0.2) is 10.8 Å². The molecule has 0 spiro atoms. The second kappa shape index (κ2) is 6.23. The summed E-state index contributed by atoms with van der Waals surface area (Å²) in [6, 6.07) is 0. The van der Waals surface area contributed by atoms with Crippen LogP contribution in [0.3, 0.4) is 0 Å². The number of hydrogen-bond acceptors (Lipinski definition) is 2. The number of nitrogens with one attached hydrogen (secondary N) is 1. The lowest BCUT2D eigenvalue weighted by Gasteiger charge is -2.57. The van der Waals surface area contributed by atoms with Gasteiger partial charge in [-0.15, -0.1) is 0 Å². The minimum atomic E-state index is 0.303. The maximum absolute atomic E-state index is 5.59. The fourth-order valence-electron chi connectivity index (χ4n) is 5.50. The summed E-state index contributed by atoms with van der Waals surface area (Å²) in [5.41, 5.74) is 10.3. The normalized spacial score (nSPS) is 38.9. The molecule has 0 radical (unpaired) electrons. The first-order valence-electron chi connectivity index (χ1n) is 8.76. The van der Waals surface area contributed by atoms with Gasteiger partial charge in [0.15, 0.2) is 5.11 Å². The van der Waals surface area contributed by atoms with Crippen LogP contribution in [0.5, 0.6) is 0 Å². The molecule has 3 nitrogen and oxygen atoms in total. The van der Waals surface area contributed by atoms with Crippen LogP contribution >= 0.6 is 12.2 Å². The third-order valence-electron chi connectivity index (χ3n) is 5.99. The average molecular weight is 308 g/mol. The van der Waals surface area contributed by atoms with Gasteiger partial charge in [0.1, 0.15) is 0 Å². The number of nitrogens with zero attached hydrogens (tertiary/aromatic N) is 1. The van der Waals surface area contributed by atoms with Gasteiger partial charge >= 0.3 is 0 Å². The maximum atomic E-state index is 5.59. The van der Waals surface area contributed by atoms with Gasteiger partial charge in [-0.2, -0.15) is 5.10 Å². The van der Waals surface area contributed by atoms with Crippen LogP contribution in [0.1, 0.15) is 71.1 Å². The molecule has 3 N–H and O–H groups in total. The number of thiocarbonyl (C=S) groups is 1. The van der Waals surface area contributed by atoms with Crippen molar-refractivity contribution in [3.05, 3.63) is 0 Å². The first-order chi connectivity index (χ1) is 10.1. The van der Waals surface area contributed by atoms with Crippen molar-refractivity contribution in [3.63, 3.8) is 0 Å². The summed E-state index contributed by atoms with van der Waals surface area (Å²) in [6.07, 6.45) is 13.6. The molecule has 0 aliphatic heterocycles. The number of hydrogen-bond donors (Lipinski definition) is 2. The molecular formula is C17H29N3S. The molecule has 118 valence electrons. The smallest absolute Gasteiger partial charge is 0.184 e. The molecule has 4 fully saturated rings. The average Bonchev–Trinajstić information content (AvgIpc) is 2.42. The van der Waals surface area contributed by atoms with Crippen LogP contribution in [-0.2, 0) is 0 Å². The highest BCUT2D eigenvalue weighted by Crippen LogP contribution is 2.60. The summed E-state index contributed by atoms with van der Waals surface area (Å²) in [5, 5.41) is 5.00. The number of hydrazone groups is 1. The van der Waals surface area contributed by atoms with Crippen molar-refractivity contribution < 1.29 is 0 Å². The first-order valence-corrected chi connectivity index (χ1v) is 9.17. The summed E-state index contributed by atoms with van der Waals surface area (Å²) >= 11 is 4.95. The number of rotatable bonds is 6. The quantitative estimate of drug-likeness (QED) is 0.443. The van der Waals surface area contributed by atoms with Gasteiger partial charge in [-0.3, -0.25) is 5.43 Å². The highest BCUT2D eigenvalue weighted by Gasteiger charge is 2.54. The molecule has 4 saturated carbocycles. The van der Waals surface area contributed by atoms with Gasteiger partial charge in [0.2, 0.25) is 0 Å². The Morgan fingerprint density at radius 3 is 2.57 bits per heavy atom. The molecule has 4 bridgehead atoms. The van der Waals surface area contributed by atoms with E-state index in [1.54, 1.807) is 0 Å². The van der Waals surface area contributed by atoms with E-state index in [0.29, 0.717) is 16.4 Å². The second-order valence-corrected chi connectivity index (χ2v) is 8.05. The SMILES string of the molecule is CCCCCCC12C[C@@H]3CC(C[C@@H](C3)C1)/C2=N\NC(N)=S. The Morgan fingerprint density at radius 1 is 1.24 bits per heavy atom. The van der Waals surface area contributed by atoms with Crippen LogP contribution in [0, 0.1) is 23.2 Å². The van der Waals surface area contributed by atoms with Gasteiger partial charge in [0.25, 0.3) is 0 Å². The standard InChI is InChI=1S/C17H29N3S/c1-2-3-4-5-6-17-10-12-7-13(11-17)9-14(8-12)15(17)19-20-16(18)21/h12-14H,2-11H2,1H3,(H3,18,20,21)/b19-15+/t12-,13+,14?,17?. The van der Waals surface area contributed by atoms with Crippen molar-refractivity contribution in [2.45, 2.75) is 71.1 Å². The monoisotopic (exact) mass is 307 g/mol. The summed E-state index contributed by atoms with van der Waals surface area (Å²) in [6.45, 7) is 2.28. The molecule has 4 aliphatic carbocycles. The Bertz CT molecular complexity index is 418. The number of nitrogens with two attached hydrogens (primary N) is 1. The molecule has 2 unspecified atom stereocenters.